The average molecular weight is 223 g/mol. The Kier molecular flexibility index (Phi) is 4.84. The monoisotopic (exact) mass is 223 g/mol. The molecule has 0 saturated heterocycles. The zero-order valence-electron chi connectivity index (χ0n) is 11.2. The number of nitrogens with one attached hydrogen (secondary N) is 1. The average Bonchev–Trinajstić information content (AvgIpc) is 2.65. The molecule has 1 rings (SSSR count). The molecule has 0 aliphatic rings. The Bertz CT molecular complexity index is 317. The van der Waals surface area contributed by atoms with Crippen molar-refractivity contribution in [3.05, 3.63) is 11.9 Å². The molecule has 1 N–H and O–H groups in total. The van der Waals surface area contributed by atoms with Crippen LogP contribution in [0.5, 0.6) is 0 Å². The maximum atomic E-state index is 4.54. The van der Waals surface area contributed by atoms with E-state index in [9.17, 15) is 0 Å². The van der Waals surface area contributed by atoms with Gasteiger partial charge in [-0.2, -0.15) is 0 Å². The fourth-order valence-corrected chi connectivity index (χ4v) is 1.81. The van der Waals surface area contributed by atoms with Crippen molar-refractivity contribution in [3.8, 4) is 0 Å². The van der Waals surface area contributed by atoms with Crippen LogP contribution in [0.2, 0.25) is 0 Å². The van der Waals surface area contributed by atoms with Crippen molar-refractivity contribution < 1.29 is 0 Å². The lowest BCUT2D eigenvalue weighted by atomic mass is 10.0. The molecule has 1 aromatic rings. The van der Waals surface area contributed by atoms with Crippen molar-refractivity contribution in [1.29, 1.82) is 0 Å². The lowest BCUT2D eigenvalue weighted by Gasteiger charge is -2.22. The quantitative estimate of drug-likeness (QED) is 0.798. The van der Waals surface area contributed by atoms with Crippen molar-refractivity contribution in [2.75, 3.05) is 11.9 Å². The maximum Gasteiger partial charge on any atom is 0.203 e. The molecule has 0 aromatic carbocycles. The summed E-state index contributed by atoms with van der Waals surface area (Å²) in [6, 6.07) is 0.505. The number of anilines is 1. The molecule has 1 aromatic heterocycles. The first-order chi connectivity index (χ1) is 7.60. The minimum atomic E-state index is 0.505. The van der Waals surface area contributed by atoms with E-state index in [1.54, 1.807) is 0 Å². The number of aromatic nitrogens is 2. The zero-order chi connectivity index (χ0) is 12.1. The van der Waals surface area contributed by atoms with Gasteiger partial charge in [0.2, 0.25) is 5.95 Å². The molecule has 16 heavy (non-hydrogen) atoms. The van der Waals surface area contributed by atoms with Crippen LogP contribution in [-0.2, 0) is 0 Å². The molecule has 1 heterocycles. The largest absolute Gasteiger partial charge is 0.356 e. The molecule has 92 valence electrons. The summed E-state index contributed by atoms with van der Waals surface area (Å²) >= 11 is 0. The molecule has 0 aliphatic heterocycles. The number of aryl methyl sites for hydroxylation is 1. The number of hydrogen-bond donors (Lipinski definition) is 1. The van der Waals surface area contributed by atoms with Gasteiger partial charge in [-0.3, -0.25) is 0 Å². The Morgan fingerprint density at radius 3 is 2.62 bits per heavy atom. The van der Waals surface area contributed by atoms with Crippen LogP contribution in [-0.4, -0.2) is 16.1 Å². The highest BCUT2D eigenvalue weighted by Crippen LogP contribution is 2.24. The second-order valence-electron chi connectivity index (χ2n) is 4.67. The first kappa shape index (κ1) is 13.1. The van der Waals surface area contributed by atoms with E-state index in [0.717, 1.165) is 24.6 Å². The van der Waals surface area contributed by atoms with Crippen LogP contribution >= 0.6 is 0 Å². The summed E-state index contributed by atoms with van der Waals surface area (Å²) in [5, 5.41) is 3.40. The van der Waals surface area contributed by atoms with Crippen molar-refractivity contribution >= 4 is 5.95 Å². The van der Waals surface area contributed by atoms with Gasteiger partial charge in [0, 0.05) is 18.8 Å². The summed E-state index contributed by atoms with van der Waals surface area (Å²) in [4.78, 5) is 4.54. The van der Waals surface area contributed by atoms with E-state index in [-0.39, 0.29) is 0 Å². The Hall–Kier alpha value is -0.990. The second-order valence-corrected chi connectivity index (χ2v) is 4.67. The molecule has 0 aliphatic carbocycles. The lowest BCUT2D eigenvalue weighted by Crippen LogP contribution is -2.16. The van der Waals surface area contributed by atoms with Gasteiger partial charge in [0.15, 0.2) is 0 Å². The summed E-state index contributed by atoms with van der Waals surface area (Å²) in [5.41, 5.74) is 1.09. The Labute approximate surface area is 99.3 Å². The molecule has 0 amide bonds. The highest BCUT2D eigenvalue weighted by atomic mass is 15.2. The van der Waals surface area contributed by atoms with Crippen molar-refractivity contribution in [2.24, 2.45) is 5.92 Å². The molecule has 0 spiro atoms. The zero-order valence-corrected chi connectivity index (χ0v) is 11.2. The molecular formula is C13H25N3. The lowest BCUT2D eigenvalue weighted by molar-refractivity contribution is 0.373. The number of hydrogen-bond acceptors (Lipinski definition) is 2. The first-order valence-corrected chi connectivity index (χ1v) is 6.39. The van der Waals surface area contributed by atoms with Crippen molar-refractivity contribution in [1.82, 2.24) is 9.55 Å². The van der Waals surface area contributed by atoms with Crippen LogP contribution < -0.4 is 5.32 Å². The van der Waals surface area contributed by atoms with Gasteiger partial charge < -0.3 is 9.88 Å². The van der Waals surface area contributed by atoms with Gasteiger partial charge in [-0.15, -0.1) is 0 Å². The molecule has 0 saturated carbocycles. The van der Waals surface area contributed by atoms with Crippen LogP contribution in [0.4, 0.5) is 5.95 Å². The maximum absolute atomic E-state index is 4.54. The molecular weight excluding hydrogens is 198 g/mol. The highest BCUT2D eigenvalue weighted by molar-refractivity contribution is 5.29. The normalized spacial score (nSPS) is 14.8. The van der Waals surface area contributed by atoms with E-state index in [0.29, 0.717) is 12.0 Å². The summed E-state index contributed by atoms with van der Waals surface area (Å²) < 4.78 is 2.28. The predicted octanol–water partition coefficient (Wildman–Crippen LogP) is 3.62. The van der Waals surface area contributed by atoms with E-state index < -0.39 is 0 Å². The van der Waals surface area contributed by atoms with Gasteiger partial charge in [0.25, 0.3) is 0 Å². The van der Waals surface area contributed by atoms with Gasteiger partial charge in [-0.25, -0.2) is 4.98 Å². The second kappa shape index (κ2) is 5.92. The predicted molar refractivity (Wildman–Crippen MR) is 69.9 cm³/mol. The molecule has 0 radical (unpaired) electrons. The fourth-order valence-electron chi connectivity index (χ4n) is 1.81. The highest BCUT2D eigenvalue weighted by Gasteiger charge is 2.16. The smallest absolute Gasteiger partial charge is 0.203 e. The summed E-state index contributed by atoms with van der Waals surface area (Å²) in [7, 11) is 0. The van der Waals surface area contributed by atoms with Crippen LogP contribution in [0.15, 0.2) is 6.20 Å². The van der Waals surface area contributed by atoms with Crippen LogP contribution in [0.1, 0.15) is 52.3 Å². The van der Waals surface area contributed by atoms with Crippen LogP contribution in [0.3, 0.4) is 0 Å². The van der Waals surface area contributed by atoms with Gasteiger partial charge in [-0.05, 0) is 26.2 Å². The van der Waals surface area contributed by atoms with E-state index in [4.69, 9.17) is 0 Å². The van der Waals surface area contributed by atoms with Gasteiger partial charge in [0.05, 0.1) is 5.69 Å². The molecule has 0 bridgehead atoms. The van der Waals surface area contributed by atoms with Gasteiger partial charge >= 0.3 is 0 Å². The standard InChI is InChI=1S/C13H25N3/c1-6-8-14-13-15-11(4)9-16(13)12(5)10(3)7-2/h9-10,12H,6-8H2,1-5H3,(H,14,15). The molecule has 3 heteroatoms. The third-order valence-electron chi connectivity index (χ3n) is 3.29. The van der Waals surface area contributed by atoms with Crippen molar-refractivity contribution in [2.45, 2.75) is 53.5 Å². The van der Waals surface area contributed by atoms with Gasteiger partial charge in [0.1, 0.15) is 0 Å². The SMILES string of the molecule is CCCNc1nc(C)cn1C(C)C(C)CC. The van der Waals surface area contributed by atoms with Gasteiger partial charge in [-0.1, -0.05) is 27.2 Å². The Morgan fingerprint density at radius 2 is 2.06 bits per heavy atom. The van der Waals surface area contributed by atoms with Crippen LogP contribution in [0.25, 0.3) is 0 Å². The summed E-state index contributed by atoms with van der Waals surface area (Å²) in [5.74, 6) is 1.70. The summed E-state index contributed by atoms with van der Waals surface area (Å²) in [6.07, 6.45) is 4.48. The first-order valence-electron chi connectivity index (χ1n) is 6.39. The molecule has 2 unspecified atom stereocenters. The van der Waals surface area contributed by atoms with Crippen LogP contribution in [0, 0.1) is 12.8 Å². The Morgan fingerprint density at radius 1 is 1.38 bits per heavy atom. The molecule has 2 atom stereocenters. The van der Waals surface area contributed by atoms with E-state index in [1.807, 2.05) is 0 Å². The minimum absolute atomic E-state index is 0.505. The fraction of sp³-hybridized carbons (Fsp3) is 0.769. The minimum Gasteiger partial charge on any atom is -0.356 e. The number of imidazole rings is 1. The van der Waals surface area contributed by atoms with E-state index in [2.05, 4.69) is 55.7 Å². The van der Waals surface area contributed by atoms with Crippen molar-refractivity contribution in [3.63, 3.8) is 0 Å². The topological polar surface area (TPSA) is 29.9 Å². The number of nitrogens with zero attached hydrogens (tertiary/aromatic N) is 2. The molecule has 0 fully saturated rings. The Balaban J connectivity index is 2.84. The third kappa shape index (κ3) is 3.00. The van der Waals surface area contributed by atoms with E-state index >= 15 is 0 Å². The summed E-state index contributed by atoms with van der Waals surface area (Å²) in [6.45, 7) is 12.0. The van der Waals surface area contributed by atoms with E-state index in [1.165, 1.54) is 6.42 Å². The third-order valence-corrected chi connectivity index (χ3v) is 3.29. The molecule has 3 nitrogen and oxygen atoms in total. The number of rotatable bonds is 6.